The average molecular weight is 468 g/mol. The van der Waals surface area contributed by atoms with Gasteiger partial charge in [0.15, 0.2) is 0 Å². The Balaban J connectivity index is 1.68. The quantitative estimate of drug-likeness (QED) is 0.375. The predicted octanol–water partition coefficient (Wildman–Crippen LogP) is 6.54. The molecular weight excluding hydrogens is 440 g/mol. The number of halogens is 2. The molecule has 34 heavy (non-hydrogen) atoms. The molecule has 0 radical (unpaired) electrons. The molecule has 0 saturated heterocycles. The highest BCUT2D eigenvalue weighted by molar-refractivity contribution is 5.95. The second-order valence-electron chi connectivity index (χ2n) is 8.23. The third-order valence-electron chi connectivity index (χ3n) is 5.61. The van der Waals surface area contributed by atoms with Gasteiger partial charge >= 0.3 is 5.97 Å². The van der Waals surface area contributed by atoms with Crippen molar-refractivity contribution < 1.29 is 28.2 Å². The Morgan fingerprint density at radius 2 is 1.68 bits per heavy atom. The zero-order valence-electron chi connectivity index (χ0n) is 19.3. The van der Waals surface area contributed by atoms with Crippen molar-refractivity contribution in [3.8, 4) is 11.5 Å². The fraction of sp³-hybridized carbons (Fsp3) is 0.259. The molecule has 0 aliphatic rings. The topological polar surface area (TPSA) is 75.6 Å². The first-order chi connectivity index (χ1) is 16.1. The van der Waals surface area contributed by atoms with Gasteiger partial charge in [-0.3, -0.25) is 9.59 Å². The van der Waals surface area contributed by atoms with E-state index in [9.17, 15) is 18.4 Å². The van der Waals surface area contributed by atoms with Crippen LogP contribution in [0.15, 0.2) is 60.7 Å². The first-order valence-electron chi connectivity index (χ1n) is 10.9. The van der Waals surface area contributed by atoms with E-state index >= 15 is 0 Å². The Labute approximate surface area is 197 Å². The average Bonchev–Trinajstić information content (AvgIpc) is 2.78. The van der Waals surface area contributed by atoms with Gasteiger partial charge in [0.25, 0.3) is 12.3 Å². The summed E-state index contributed by atoms with van der Waals surface area (Å²) in [5.74, 6) is 0.0386. The minimum atomic E-state index is -2.58. The van der Waals surface area contributed by atoms with Crippen LogP contribution in [0, 0.1) is 13.8 Å². The van der Waals surface area contributed by atoms with Crippen LogP contribution in [0.2, 0.25) is 0 Å². The van der Waals surface area contributed by atoms with Gasteiger partial charge < -0.3 is 15.2 Å². The third-order valence-corrected chi connectivity index (χ3v) is 5.61. The van der Waals surface area contributed by atoms with Crippen LogP contribution in [-0.4, -0.2) is 17.0 Å². The molecule has 0 heterocycles. The van der Waals surface area contributed by atoms with Gasteiger partial charge in [-0.25, -0.2) is 8.78 Å². The monoisotopic (exact) mass is 467 g/mol. The summed E-state index contributed by atoms with van der Waals surface area (Å²) in [6.07, 6.45) is -2.05. The minimum Gasteiger partial charge on any atom is -0.481 e. The van der Waals surface area contributed by atoms with E-state index in [0.29, 0.717) is 29.0 Å². The van der Waals surface area contributed by atoms with Crippen LogP contribution in [0.5, 0.6) is 11.5 Å². The van der Waals surface area contributed by atoms with Crippen molar-refractivity contribution in [2.75, 3.05) is 0 Å². The van der Waals surface area contributed by atoms with Crippen LogP contribution >= 0.6 is 0 Å². The number of aryl methyl sites for hydroxylation is 3. The summed E-state index contributed by atoms with van der Waals surface area (Å²) < 4.78 is 31.7. The Kier molecular flexibility index (Phi) is 7.99. The summed E-state index contributed by atoms with van der Waals surface area (Å²) in [6.45, 7) is 5.38. The number of carbonyl (C=O) groups is 2. The standard InChI is InChI=1S/C27H27F2NO4/c1-16-14-23(10-7-19(16)9-12-25(31)32)34-22-6-4-5-20(15-22)18(3)30-27(33)24-11-8-21(26(28)29)13-17(24)2/h4-8,10-11,13-15,18,26H,9,12H2,1-3H3,(H,30,33)(H,31,32). The van der Waals surface area contributed by atoms with Crippen molar-refractivity contribution in [1.29, 1.82) is 0 Å². The minimum absolute atomic E-state index is 0.0720. The number of hydrogen-bond acceptors (Lipinski definition) is 3. The van der Waals surface area contributed by atoms with Gasteiger partial charge in [0, 0.05) is 17.5 Å². The maximum atomic E-state index is 12.9. The molecule has 0 bridgehead atoms. The maximum absolute atomic E-state index is 12.9. The number of benzene rings is 3. The molecule has 0 aliphatic heterocycles. The van der Waals surface area contributed by atoms with Gasteiger partial charge in [0.1, 0.15) is 11.5 Å². The summed E-state index contributed by atoms with van der Waals surface area (Å²) in [7, 11) is 0. The number of rotatable bonds is 9. The van der Waals surface area contributed by atoms with E-state index in [2.05, 4.69) is 5.32 Å². The predicted molar refractivity (Wildman–Crippen MR) is 126 cm³/mol. The van der Waals surface area contributed by atoms with Crippen molar-refractivity contribution in [3.05, 3.63) is 94.0 Å². The van der Waals surface area contributed by atoms with E-state index in [1.54, 1.807) is 19.1 Å². The summed E-state index contributed by atoms with van der Waals surface area (Å²) in [5.41, 5.74) is 3.45. The number of carboxylic acids is 1. The number of aliphatic carboxylic acids is 1. The molecule has 3 rings (SSSR count). The van der Waals surface area contributed by atoms with E-state index in [0.717, 1.165) is 16.7 Å². The van der Waals surface area contributed by atoms with E-state index in [-0.39, 0.29) is 23.9 Å². The number of alkyl halides is 2. The SMILES string of the molecule is Cc1cc(Oc2cccc(C(C)NC(=O)c3ccc(C(F)F)cc3C)c2)ccc1CCC(=O)O. The molecule has 1 atom stereocenters. The summed E-state index contributed by atoms with van der Waals surface area (Å²) in [5, 5.41) is 11.8. The third kappa shape index (κ3) is 6.41. The molecule has 0 fully saturated rings. The van der Waals surface area contributed by atoms with E-state index in [1.807, 2.05) is 44.2 Å². The van der Waals surface area contributed by atoms with Gasteiger partial charge in [0.05, 0.1) is 6.04 Å². The van der Waals surface area contributed by atoms with Gasteiger partial charge in [-0.2, -0.15) is 0 Å². The number of hydrogen-bond donors (Lipinski definition) is 2. The smallest absolute Gasteiger partial charge is 0.303 e. The summed E-state index contributed by atoms with van der Waals surface area (Å²) in [6, 6.07) is 16.5. The van der Waals surface area contributed by atoms with Crippen LogP contribution in [-0.2, 0) is 11.2 Å². The fourth-order valence-corrected chi connectivity index (χ4v) is 3.67. The molecule has 7 heteroatoms. The van der Waals surface area contributed by atoms with Crippen LogP contribution in [0.4, 0.5) is 8.78 Å². The van der Waals surface area contributed by atoms with E-state index < -0.39 is 12.4 Å². The van der Waals surface area contributed by atoms with E-state index in [4.69, 9.17) is 9.84 Å². The zero-order valence-corrected chi connectivity index (χ0v) is 19.3. The van der Waals surface area contributed by atoms with Crippen LogP contribution in [0.25, 0.3) is 0 Å². The lowest BCUT2D eigenvalue weighted by Gasteiger charge is -2.17. The second-order valence-corrected chi connectivity index (χ2v) is 8.23. The lowest BCUT2D eigenvalue weighted by Crippen LogP contribution is -2.27. The van der Waals surface area contributed by atoms with Crippen LogP contribution < -0.4 is 10.1 Å². The number of ether oxygens (including phenoxy) is 1. The molecule has 3 aromatic rings. The van der Waals surface area contributed by atoms with Crippen molar-refractivity contribution in [1.82, 2.24) is 5.32 Å². The first kappa shape index (κ1) is 24.9. The van der Waals surface area contributed by atoms with Gasteiger partial charge in [-0.15, -0.1) is 0 Å². The fourth-order valence-electron chi connectivity index (χ4n) is 3.67. The van der Waals surface area contributed by atoms with Crippen molar-refractivity contribution in [3.63, 3.8) is 0 Å². The Morgan fingerprint density at radius 1 is 0.941 bits per heavy atom. The lowest BCUT2D eigenvalue weighted by molar-refractivity contribution is -0.136. The Morgan fingerprint density at radius 3 is 2.32 bits per heavy atom. The van der Waals surface area contributed by atoms with Crippen molar-refractivity contribution in [2.24, 2.45) is 0 Å². The molecule has 178 valence electrons. The van der Waals surface area contributed by atoms with E-state index in [1.165, 1.54) is 18.2 Å². The molecule has 1 unspecified atom stereocenters. The molecule has 2 N–H and O–H groups in total. The number of carbonyl (C=O) groups excluding carboxylic acids is 1. The number of amides is 1. The van der Waals surface area contributed by atoms with Crippen molar-refractivity contribution in [2.45, 2.75) is 46.1 Å². The first-order valence-corrected chi connectivity index (χ1v) is 10.9. The molecule has 0 saturated carbocycles. The van der Waals surface area contributed by atoms with Crippen LogP contribution in [0.1, 0.15) is 64.0 Å². The molecular formula is C27H27F2NO4. The second kappa shape index (κ2) is 10.9. The molecule has 0 spiro atoms. The summed E-state index contributed by atoms with van der Waals surface area (Å²) in [4.78, 5) is 23.5. The van der Waals surface area contributed by atoms with Gasteiger partial charge in [-0.1, -0.05) is 24.3 Å². The van der Waals surface area contributed by atoms with Crippen molar-refractivity contribution >= 4 is 11.9 Å². The number of nitrogens with one attached hydrogen (secondary N) is 1. The zero-order chi connectivity index (χ0) is 24.8. The maximum Gasteiger partial charge on any atom is 0.303 e. The molecule has 3 aromatic carbocycles. The molecule has 0 aromatic heterocycles. The molecule has 5 nitrogen and oxygen atoms in total. The number of carboxylic acid groups (broad SMARTS) is 1. The summed E-state index contributed by atoms with van der Waals surface area (Å²) >= 11 is 0. The highest BCUT2D eigenvalue weighted by Gasteiger charge is 2.16. The largest absolute Gasteiger partial charge is 0.481 e. The highest BCUT2D eigenvalue weighted by Crippen LogP contribution is 2.27. The highest BCUT2D eigenvalue weighted by atomic mass is 19.3. The Hall–Kier alpha value is -3.74. The van der Waals surface area contributed by atoms with Crippen LogP contribution in [0.3, 0.4) is 0 Å². The van der Waals surface area contributed by atoms with Gasteiger partial charge in [0.2, 0.25) is 0 Å². The lowest BCUT2D eigenvalue weighted by atomic mass is 10.0. The molecule has 0 aliphatic carbocycles. The molecule has 1 amide bonds. The van der Waals surface area contributed by atoms with Gasteiger partial charge in [-0.05, 0) is 85.8 Å². The normalized spacial score (nSPS) is 11.8. The Bertz CT molecular complexity index is 1190.